The van der Waals surface area contributed by atoms with Gasteiger partial charge in [0.05, 0.1) is 12.8 Å². The van der Waals surface area contributed by atoms with Gasteiger partial charge in [-0.3, -0.25) is 14.8 Å². The fourth-order valence-corrected chi connectivity index (χ4v) is 3.99. The predicted molar refractivity (Wildman–Crippen MR) is 118 cm³/mol. The quantitative estimate of drug-likeness (QED) is 0.627. The molecule has 4 rings (SSSR count). The van der Waals surface area contributed by atoms with E-state index >= 15 is 0 Å². The number of fused-ring (bicyclic) bond motifs is 1. The minimum atomic E-state index is 0.0144. The number of H-pyrrole nitrogens is 1. The zero-order chi connectivity index (χ0) is 20.9. The van der Waals surface area contributed by atoms with Crippen LogP contribution in [0, 0.1) is 6.92 Å². The largest absolute Gasteiger partial charge is 0.496 e. The van der Waals surface area contributed by atoms with Crippen LogP contribution in [0.15, 0.2) is 48.5 Å². The van der Waals surface area contributed by atoms with E-state index in [-0.39, 0.29) is 5.91 Å². The number of benzene rings is 2. The number of carbonyl (C=O) groups excluding carboxylic acids is 1. The van der Waals surface area contributed by atoms with Crippen molar-refractivity contribution in [3.8, 4) is 5.75 Å². The zero-order valence-corrected chi connectivity index (χ0v) is 17.6. The third-order valence-electron chi connectivity index (χ3n) is 5.54. The highest BCUT2D eigenvalue weighted by Crippen LogP contribution is 2.24. The average molecular weight is 405 g/mol. The third kappa shape index (κ3) is 4.89. The van der Waals surface area contributed by atoms with E-state index in [9.17, 15) is 4.79 Å². The first-order valence-corrected chi connectivity index (χ1v) is 10.4. The molecule has 2 aromatic carbocycles. The van der Waals surface area contributed by atoms with Crippen LogP contribution in [0.2, 0.25) is 0 Å². The molecule has 0 saturated carbocycles. The van der Waals surface area contributed by atoms with E-state index in [0.29, 0.717) is 12.8 Å². The van der Waals surface area contributed by atoms with Gasteiger partial charge in [0.1, 0.15) is 5.75 Å². The van der Waals surface area contributed by atoms with Gasteiger partial charge in [-0.05, 0) is 60.7 Å². The average Bonchev–Trinajstić information content (AvgIpc) is 3.16. The molecule has 0 atom stereocenters. The summed E-state index contributed by atoms with van der Waals surface area (Å²) in [6.07, 6.45) is 2.08. The van der Waals surface area contributed by atoms with Crippen molar-refractivity contribution in [2.24, 2.45) is 0 Å². The lowest BCUT2D eigenvalue weighted by molar-refractivity contribution is -0.116. The van der Waals surface area contributed by atoms with Crippen molar-refractivity contribution in [3.05, 3.63) is 76.6 Å². The van der Waals surface area contributed by atoms with E-state index in [1.54, 1.807) is 7.11 Å². The molecule has 0 spiro atoms. The summed E-state index contributed by atoms with van der Waals surface area (Å²) in [7, 11) is 1.66. The van der Waals surface area contributed by atoms with Crippen molar-refractivity contribution in [1.82, 2.24) is 15.1 Å². The monoisotopic (exact) mass is 404 g/mol. The number of aromatic nitrogens is 2. The van der Waals surface area contributed by atoms with Crippen LogP contribution in [0.25, 0.3) is 0 Å². The molecule has 0 saturated heterocycles. The van der Waals surface area contributed by atoms with Crippen molar-refractivity contribution in [1.29, 1.82) is 0 Å². The highest BCUT2D eigenvalue weighted by Gasteiger charge is 2.18. The molecule has 0 aliphatic carbocycles. The van der Waals surface area contributed by atoms with Crippen LogP contribution in [-0.2, 0) is 30.7 Å². The molecule has 6 heteroatoms. The van der Waals surface area contributed by atoms with Gasteiger partial charge in [-0.1, -0.05) is 24.3 Å². The Morgan fingerprint density at radius 1 is 1.20 bits per heavy atom. The van der Waals surface area contributed by atoms with E-state index in [4.69, 9.17) is 4.74 Å². The first-order valence-electron chi connectivity index (χ1n) is 10.4. The maximum atomic E-state index is 12.5. The second-order valence-electron chi connectivity index (χ2n) is 7.85. The Bertz CT molecular complexity index is 1030. The smallest absolute Gasteiger partial charge is 0.224 e. The van der Waals surface area contributed by atoms with Gasteiger partial charge in [0, 0.05) is 37.4 Å². The van der Waals surface area contributed by atoms with E-state index < -0.39 is 0 Å². The van der Waals surface area contributed by atoms with Crippen molar-refractivity contribution in [3.63, 3.8) is 0 Å². The standard InChI is InChI=1S/C24H28N4O2/c1-17-13-22(27-26-17)16-28-12-11-18-7-9-21(14-20(18)15-28)25-24(29)10-8-19-5-3-4-6-23(19)30-2/h3-7,9,13-14H,8,10-12,15-16H2,1-2H3,(H,25,29)(H,26,27). The molecule has 0 bridgehead atoms. The molecule has 0 fully saturated rings. The summed E-state index contributed by atoms with van der Waals surface area (Å²) < 4.78 is 5.37. The topological polar surface area (TPSA) is 70.2 Å². The minimum Gasteiger partial charge on any atom is -0.496 e. The number of aromatic amines is 1. The fourth-order valence-electron chi connectivity index (χ4n) is 3.99. The second-order valence-corrected chi connectivity index (χ2v) is 7.85. The normalized spacial score (nSPS) is 13.7. The molecule has 2 N–H and O–H groups in total. The highest BCUT2D eigenvalue weighted by molar-refractivity contribution is 5.91. The molecule has 1 aliphatic rings. The lowest BCUT2D eigenvalue weighted by Gasteiger charge is -2.28. The van der Waals surface area contributed by atoms with Gasteiger partial charge in [-0.2, -0.15) is 5.10 Å². The number of methoxy groups -OCH3 is 1. The Hall–Kier alpha value is -3.12. The molecule has 2 heterocycles. The maximum Gasteiger partial charge on any atom is 0.224 e. The van der Waals surface area contributed by atoms with Gasteiger partial charge < -0.3 is 10.1 Å². The Labute approximate surface area is 177 Å². The molecular weight excluding hydrogens is 376 g/mol. The Morgan fingerprint density at radius 2 is 2.07 bits per heavy atom. The number of rotatable bonds is 7. The third-order valence-corrected chi connectivity index (χ3v) is 5.54. The maximum absolute atomic E-state index is 12.5. The molecule has 1 aliphatic heterocycles. The summed E-state index contributed by atoms with van der Waals surface area (Å²) in [4.78, 5) is 14.9. The number of para-hydroxylation sites is 1. The van der Waals surface area contributed by atoms with E-state index in [1.807, 2.05) is 37.3 Å². The van der Waals surface area contributed by atoms with Gasteiger partial charge in [0.15, 0.2) is 0 Å². The number of nitrogens with one attached hydrogen (secondary N) is 2. The number of anilines is 1. The van der Waals surface area contributed by atoms with Crippen LogP contribution in [0.5, 0.6) is 5.75 Å². The second kappa shape index (κ2) is 9.13. The van der Waals surface area contributed by atoms with E-state index in [2.05, 4.69) is 38.6 Å². The lowest BCUT2D eigenvalue weighted by Crippen LogP contribution is -2.30. The van der Waals surface area contributed by atoms with E-state index in [0.717, 1.165) is 54.4 Å². The molecule has 0 unspecified atom stereocenters. The molecule has 1 aromatic heterocycles. The number of hydrogen-bond acceptors (Lipinski definition) is 4. The number of ether oxygens (including phenoxy) is 1. The van der Waals surface area contributed by atoms with Gasteiger partial charge >= 0.3 is 0 Å². The van der Waals surface area contributed by atoms with Crippen molar-refractivity contribution in [2.75, 3.05) is 19.0 Å². The van der Waals surface area contributed by atoms with Gasteiger partial charge in [-0.25, -0.2) is 0 Å². The summed E-state index contributed by atoms with van der Waals surface area (Å²) in [6, 6.07) is 16.2. The van der Waals surface area contributed by atoms with Gasteiger partial charge in [0.2, 0.25) is 5.91 Å². The summed E-state index contributed by atoms with van der Waals surface area (Å²) in [6.45, 7) is 4.74. The van der Waals surface area contributed by atoms with Crippen LogP contribution in [0.4, 0.5) is 5.69 Å². The zero-order valence-electron chi connectivity index (χ0n) is 17.6. The Morgan fingerprint density at radius 3 is 2.87 bits per heavy atom. The number of aryl methyl sites for hydroxylation is 2. The fraction of sp³-hybridized carbons (Fsp3) is 0.333. The van der Waals surface area contributed by atoms with Gasteiger partial charge in [-0.15, -0.1) is 0 Å². The summed E-state index contributed by atoms with van der Waals surface area (Å²) in [5, 5.41) is 10.4. The summed E-state index contributed by atoms with van der Waals surface area (Å²) >= 11 is 0. The summed E-state index contributed by atoms with van der Waals surface area (Å²) in [5.74, 6) is 0.840. The van der Waals surface area contributed by atoms with Crippen LogP contribution in [0.1, 0.15) is 34.5 Å². The molecular formula is C24H28N4O2. The molecule has 156 valence electrons. The molecule has 30 heavy (non-hydrogen) atoms. The van der Waals surface area contributed by atoms with Crippen molar-refractivity contribution >= 4 is 11.6 Å². The predicted octanol–water partition coefficient (Wildman–Crippen LogP) is 3.86. The van der Waals surface area contributed by atoms with Crippen LogP contribution >= 0.6 is 0 Å². The minimum absolute atomic E-state index is 0.0144. The number of hydrogen-bond donors (Lipinski definition) is 2. The van der Waals surface area contributed by atoms with Crippen LogP contribution < -0.4 is 10.1 Å². The van der Waals surface area contributed by atoms with Gasteiger partial charge in [0.25, 0.3) is 0 Å². The molecule has 3 aromatic rings. The van der Waals surface area contributed by atoms with Crippen LogP contribution in [-0.4, -0.2) is 34.7 Å². The number of nitrogens with zero attached hydrogens (tertiary/aromatic N) is 2. The first kappa shape index (κ1) is 20.2. The molecule has 1 amide bonds. The lowest BCUT2D eigenvalue weighted by atomic mass is 9.99. The Balaban J connectivity index is 1.35. The van der Waals surface area contributed by atoms with Crippen molar-refractivity contribution in [2.45, 2.75) is 39.3 Å². The summed E-state index contributed by atoms with van der Waals surface area (Å²) in [5.41, 5.74) is 6.69. The molecule has 6 nitrogen and oxygen atoms in total. The highest BCUT2D eigenvalue weighted by atomic mass is 16.5. The first-order chi connectivity index (χ1) is 14.6. The molecule has 0 radical (unpaired) electrons. The SMILES string of the molecule is COc1ccccc1CCC(=O)Nc1ccc2c(c1)CN(Cc1cc(C)[nH]n1)CC2. The number of carbonyl (C=O) groups is 1. The number of amides is 1. The van der Waals surface area contributed by atoms with Crippen LogP contribution in [0.3, 0.4) is 0 Å². The van der Waals surface area contributed by atoms with Crippen molar-refractivity contribution < 1.29 is 9.53 Å². The van der Waals surface area contributed by atoms with E-state index in [1.165, 1.54) is 11.1 Å². The Kier molecular flexibility index (Phi) is 6.14.